The molecular weight excluding hydrogens is 330 g/mol. The highest BCUT2D eigenvalue weighted by Gasteiger charge is 2.27. The van der Waals surface area contributed by atoms with Gasteiger partial charge in [-0.05, 0) is 45.4 Å². The van der Waals surface area contributed by atoms with Gasteiger partial charge in [0, 0.05) is 50.6 Å². The monoisotopic (exact) mass is 361 g/mol. The molecule has 0 radical (unpaired) electrons. The van der Waals surface area contributed by atoms with Crippen LogP contribution in [0.25, 0.3) is 0 Å². The number of carbonyl (C=O) groups excluding carboxylic acids is 1. The van der Waals surface area contributed by atoms with Crippen LogP contribution in [0.4, 0.5) is 16.2 Å². The van der Waals surface area contributed by atoms with E-state index in [9.17, 15) is 4.79 Å². The normalized spacial score (nSPS) is 18.8. The summed E-state index contributed by atoms with van der Waals surface area (Å²) < 4.78 is 11.0. The highest BCUT2D eigenvalue weighted by atomic mass is 16.6. The van der Waals surface area contributed by atoms with Gasteiger partial charge < -0.3 is 24.2 Å². The maximum atomic E-state index is 12.3. The second-order valence-corrected chi connectivity index (χ2v) is 7.98. The first-order valence-electron chi connectivity index (χ1n) is 9.50. The summed E-state index contributed by atoms with van der Waals surface area (Å²) in [5.74, 6) is 0. The van der Waals surface area contributed by atoms with E-state index in [0.717, 1.165) is 39.4 Å². The lowest BCUT2D eigenvalue weighted by Gasteiger charge is -2.38. The van der Waals surface area contributed by atoms with Crippen molar-refractivity contribution in [1.29, 1.82) is 0 Å². The van der Waals surface area contributed by atoms with Gasteiger partial charge in [0.15, 0.2) is 0 Å². The van der Waals surface area contributed by atoms with Gasteiger partial charge in [-0.3, -0.25) is 0 Å². The molecule has 144 valence electrons. The van der Waals surface area contributed by atoms with Crippen LogP contribution in [0.2, 0.25) is 0 Å². The fourth-order valence-electron chi connectivity index (χ4n) is 3.56. The van der Waals surface area contributed by atoms with Crippen LogP contribution in [0.3, 0.4) is 0 Å². The molecule has 1 amide bonds. The third-order valence-electron chi connectivity index (χ3n) is 4.90. The fraction of sp³-hybridized carbons (Fsp3) is 0.650. The summed E-state index contributed by atoms with van der Waals surface area (Å²) in [6.07, 6.45) is -0.212. The van der Waals surface area contributed by atoms with Gasteiger partial charge in [-0.25, -0.2) is 4.79 Å². The predicted molar refractivity (Wildman–Crippen MR) is 104 cm³/mol. The predicted octanol–water partition coefficient (Wildman–Crippen LogP) is 2.89. The number of ether oxygens (including phenoxy) is 2. The number of benzene rings is 1. The summed E-state index contributed by atoms with van der Waals surface area (Å²) >= 11 is 0. The minimum atomic E-state index is -0.447. The van der Waals surface area contributed by atoms with Crippen LogP contribution in [0, 0.1) is 6.92 Å². The Hall–Kier alpha value is -1.95. The van der Waals surface area contributed by atoms with Gasteiger partial charge in [0.2, 0.25) is 0 Å². The molecule has 2 fully saturated rings. The number of nitrogens with zero attached hydrogens (tertiary/aromatic N) is 3. The smallest absolute Gasteiger partial charge is 0.410 e. The SMILES string of the molecule is Cc1c(N2CCOCC2)cccc1N1CCN(C(=O)OC(C)(C)C)CC1. The maximum absolute atomic E-state index is 12.3. The van der Waals surface area contributed by atoms with Crippen molar-refractivity contribution >= 4 is 17.5 Å². The Labute approximate surface area is 156 Å². The zero-order valence-electron chi connectivity index (χ0n) is 16.5. The van der Waals surface area contributed by atoms with Gasteiger partial charge in [-0.1, -0.05) is 6.07 Å². The molecular formula is C20H31N3O3. The molecule has 26 heavy (non-hydrogen) atoms. The van der Waals surface area contributed by atoms with Crippen LogP contribution in [-0.2, 0) is 9.47 Å². The van der Waals surface area contributed by atoms with Crippen molar-refractivity contribution in [3.8, 4) is 0 Å². The molecule has 1 aromatic rings. The Morgan fingerprint density at radius 2 is 1.50 bits per heavy atom. The molecule has 0 saturated carbocycles. The lowest BCUT2D eigenvalue weighted by atomic mass is 10.1. The minimum absolute atomic E-state index is 0.212. The van der Waals surface area contributed by atoms with E-state index in [0.29, 0.717) is 13.1 Å². The number of hydrogen-bond acceptors (Lipinski definition) is 5. The summed E-state index contributed by atoms with van der Waals surface area (Å²) in [6, 6.07) is 6.51. The van der Waals surface area contributed by atoms with Crippen LogP contribution < -0.4 is 9.80 Å². The maximum Gasteiger partial charge on any atom is 0.410 e. The van der Waals surface area contributed by atoms with E-state index in [4.69, 9.17) is 9.47 Å². The van der Waals surface area contributed by atoms with Crippen molar-refractivity contribution in [2.24, 2.45) is 0 Å². The first-order valence-corrected chi connectivity index (χ1v) is 9.50. The van der Waals surface area contributed by atoms with Gasteiger partial charge in [0.05, 0.1) is 13.2 Å². The molecule has 2 saturated heterocycles. The lowest BCUT2D eigenvalue weighted by molar-refractivity contribution is 0.0240. The third kappa shape index (κ3) is 4.41. The van der Waals surface area contributed by atoms with Gasteiger partial charge in [-0.15, -0.1) is 0 Å². The highest BCUT2D eigenvalue weighted by molar-refractivity contribution is 5.70. The average Bonchev–Trinajstić information content (AvgIpc) is 2.61. The van der Waals surface area contributed by atoms with E-state index >= 15 is 0 Å². The van der Waals surface area contributed by atoms with Crippen LogP contribution in [0.1, 0.15) is 26.3 Å². The summed E-state index contributed by atoms with van der Waals surface area (Å²) in [7, 11) is 0. The Kier molecular flexibility index (Phi) is 5.61. The Bertz CT molecular complexity index is 628. The molecule has 2 aliphatic heterocycles. The number of morpholine rings is 1. The van der Waals surface area contributed by atoms with Crippen LogP contribution in [-0.4, -0.2) is 69.1 Å². The van der Waals surface area contributed by atoms with Crippen molar-refractivity contribution in [2.75, 3.05) is 62.3 Å². The second-order valence-electron chi connectivity index (χ2n) is 7.98. The summed E-state index contributed by atoms with van der Waals surface area (Å²) in [6.45, 7) is 14.4. The zero-order chi connectivity index (χ0) is 18.7. The largest absolute Gasteiger partial charge is 0.444 e. The number of amides is 1. The van der Waals surface area contributed by atoms with E-state index in [1.54, 1.807) is 0 Å². The van der Waals surface area contributed by atoms with Crippen molar-refractivity contribution in [2.45, 2.75) is 33.3 Å². The van der Waals surface area contributed by atoms with Gasteiger partial charge in [0.1, 0.15) is 5.60 Å². The molecule has 0 aromatic heterocycles. The average molecular weight is 361 g/mol. The molecule has 1 aromatic carbocycles. The number of piperazine rings is 1. The molecule has 0 bridgehead atoms. The van der Waals surface area contributed by atoms with Gasteiger partial charge >= 0.3 is 6.09 Å². The van der Waals surface area contributed by atoms with Crippen LogP contribution in [0.5, 0.6) is 0 Å². The fourth-order valence-corrected chi connectivity index (χ4v) is 3.56. The van der Waals surface area contributed by atoms with Gasteiger partial charge in [0.25, 0.3) is 0 Å². The summed E-state index contributed by atoms with van der Waals surface area (Å²) in [5, 5.41) is 0. The first kappa shape index (κ1) is 18.8. The Morgan fingerprint density at radius 3 is 2.04 bits per heavy atom. The number of anilines is 2. The second kappa shape index (κ2) is 7.74. The molecule has 0 spiro atoms. The molecule has 3 rings (SSSR count). The highest BCUT2D eigenvalue weighted by Crippen LogP contribution is 2.30. The quantitative estimate of drug-likeness (QED) is 0.810. The number of hydrogen-bond donors (Lipinski definition) is 0. The molecule has 2 heterocycles. The van der Waals surface area contributed by atoms with Crippen LogP contribution in [0.15, 0.2) is 18.2 Å². The van der Waals surface area contributed by atoms with E-state index < -0.39 is 5.60 Å². The zero-order valence-corrected chi connectivity index (χ0v) is 16.5. The Morgan fingerprint density at radius 1 is 0.962 bits per heavy atom. The molecule has 0 unspecified atom stereocenters. The summed E-state index contributed by atoms with van der Waals surface area (Å²) in [5.41, 5.74) is 3.41. The number of carbonyl (C=O) groups is 1. The van der Waals surface area contributed by atoms with Crippen molar-refractivity contribution in [1.82, 2.24) is 4.90 Å². The van der Waals surface area contributed by atoms with E-state index in [1.165, 1.54) is 16.9 Å². The van der Waals surface area contributed by atoms with E-state index in [-0.39, 0.29) is 6.09 Å². The number of rotatable bonds is 2. The minimum Gasteiger partial charge on any atom is -0.444 e. The first-order chi connectivity index (χ1) is 12.3. The summed E-state index contributed by atoms with van der Waals surface area (Å²) in [4.78, 5) is 18.8. The lowest BCUT2D eigenvalue weighted by Crippen LogP contribution is -2.50. The van der Waals surface area contributed by atoms with E-state index in [1.807, 2.05) is 25.7 Å². The molecule has 6 heteroatoms. The molecule has 0 N–H and O–H groups in total. The van der Waals surface area contributed by atoms with Crippen molar-refractivity contribution in [3.05, 3.63) is 23.8 Å². The third-order valence-corrected chi connectivity index (χ3v) is 4.90. The van der Waals surface area contributed by atoms with Gasteiger partial charge in [-0.2, -0.15) is 0 Å². The molecule has 2 aliphatic rings. The molecule has 0 atom stereocenters. The molecule has 6 nitrogen and oxygen atoms in total. The topological polar surface area (TPSA) is 45.2 Å². The standard InChI is InChI=1S/C20H31N3O3/c1-16-17(6-5-7-18(16)22-12-14-25-15-13-22)21-8-10-23(11-9-21)19(24)26-20(2,3)4/h5-7H,8-15H2,1-4H3. The van der Waals surface area contributed by atoms with Crippen LogP contribution >= 0.6 is 0 Å². The molecule has 0 aliphatic carbocycles. The van der Waals surface area contributed by atoms with Crippen molar-refractivity contribution < 1.29 is 14.3 Å². The van der Waals surface area contributed by atoms with E-state index in [2.05, 4.69) is 34.9 Å². The Balaban J connectivity index is 1.65. The van der Waals surface area contributed by atoms with Crippen molar-refractivity contribution in [3.63, 3.8) is 0 Å².